The van der Waals surface area contributed by atoms with Gasteiger partial charge in [0, 0.05) is 36.3 Å². The number of nitrogen functional groups attached to an aromatic ring is 1. The molecule has 3 aromatic rings. The molecule has 0 saturated heterocycles. The summed E-state index contributed by atoms with van der Waals surface area (Å²) in [6, 6.07) is 12.4. The standard InChI is InChI=1S/C19H20N4S/c20-19-22-17-9-12-23(13-10-18(17)24-19)11-3-5-15-8-7-14-4-1-2-6-16(14)21-15/h1-8H,9-13H2,(H2,20,22)/b5-3+. The van der Waals surface area contributed by atoms with Gasteiger partial charge in [-0.25, -0.2) is 9.97 Å². The molecule has 2 aromatic heterocycles. The molecule has 0 unspecified atom stereocenters. The van der Waals surface area contributed by atoms with Crippen molar-refractivity contribution in [3.8, 4) is 0 Å². The highest BCUT2D eigenvalue weighted by molar-refractivity contribution is 7.15. The molecule has 24 heavy (non-hydrogen) atoms. The Labute approximate surface area is 145 Å². The van der Waals surface area contributed by atoms with Crippen LogP contribution < -0.4 is 5.73 Å². The third-order valence-corrected chi connectivity index (χ3v) is 5.37. The van der Waals surface area contributed by atoms with Crippen LogP contribution in [0.15, 0.2) is 42.5 Å². The zero-order chi connectivity index (χ0) is 16.4. The number of hydrogen-bond donors (Lipinski definition) is 1. The molecule has 2 N–H and O–H groups in total. The van der Waals surface area contributed by atoms with Gasteiger partial charge in [0.05, 0.1) is 16.9 Å². The minimum absolute atomic E-state index is 0.704. The first-order valence-electron chi connectivity index (χ1n) is 8.27. The lowest BCUT2D eigenvalue weighted by molar-refractivity contribution is 0.318. The van der Waals surface area contributed by atoms with Crippen molar-refractivity contribution in [2.45, 2.75) is 12.8 Å². The molecule has 0 atom stereocenters. The number of nitrogens with two attached hydrogens (primary N) is 1. The van der Waals surface area contributed by atoms with Gasteiger partial charge in [0.2, 0.25) is 0 Å². The topological polar surface area (TPSA) is 55.0 Å². The third-order valence-electron chi connectivity index (χ3n) is 4.39. The van der Waals surface area contributed by atoms with Crippen LogP contribution in [0.1, 0.15) is 16.3 Å². The normalized spacial score (nSPS) is 15.7. The Balaban J connectivity index is 1.39. The second kappa shape index (κ2) is 6.71. The summed E-state index contributed by atoms with van der Waals surface area (Å²) in [6.07, 6.45) is 6.36. The lowest BCUT2D eigenvalue weighted by Crippen LogP contribution is -2.26. The van der Waals surface area contributed by atoms with Crippen molar-refractivity contribution in [1.82, 2.24) is 14.9 Å². The van der Waals surface area contributed by atoms with Gasteiger partial charge in [-0.05, 0) is 24.6 Å². The number of anilines is 1. The first-order chi connectivity index (χ1) is 11.8. The molecule has 1 aromatic carbocycles. The van der Waals surface area contributed by atoms with Gasteiger partial charge in [0.25, 0.3) is 0 Å². The van der Waals surface area contributed by atoms with E-state index in [2.05, 4.69) is 51.3 Å². The van der Waals surface area contributed by atoms with E-state index in [9.17, 15) is 0 Å². The van der Waals surface area contributed by atoms with E-state index in [-0.39, 0.29) is 0 Å². The number of aromatic nitrogens is 2. The number of thiazole rings is 1. The van der Waals surface area contributed by atoms with Gasteiger partial charge in [0.1, 0.15) is 0 Å². The van der Waals surface area contributed by atoms with Crippen molar-refractivity contribution in [2.75, 3.05) is 25.4 Å². The van der Waals surface area contributed by atoms with E-state index in [0.29, 0.717) is 5.13 Å². The molecule has 0 aliphatic carbocycles. The van der Waals surface area contributed by atoms with E-state index in [1.165, 1.54) is 16.0 Å². The first kappa shape index (κ1) is 15.3. The average Bonchev–Trinajstić information content (AvgIpc) is 2.86. The quantitative estimate of drug-likeness (QED) is 0.796. The molecule has 1 aliphatic heterocycles. The third kappa shape index (κ3) is 3.32. The van der Waals surface area contributed by atoms with Crippen LogP contribution >= 0.6 is 11.3 Å². The number of fused-ring (bicyclic) bond motifs is 2. The van der Waals surface area contributed by atoms with Crippen molar-refractivity contribution in [3.05, 3.63) is 58.7 Å². The van der Waals surface area contributed by atoms with E-state index < -0.39 is 0 Å². The number of pyridine rings is 1. The molecule has 3 heterocycles. The number of hydrogen-bond acceptors (Lipinski definition) is 5. The predicted molar refractivity (Wildman–Crippen MR) is 101 cm³/mol. The fourth-order valence-corrected chi connectivity index (χ4v) is 3.98. The van der Waals surface area contributed by atoms with Crippen molar-refractivity contribution >= 4 is 33.4 Å². The van der Waals surface area contributed by atoms with E-state index in [1.54, 1.807) is 11.3 Å². The molecule has 0 amide bonds. The van der Waals surface area contributed by atoms with Crippen LogP contribution in [0.4, 0.5) is 5.13 Å². The molecule has 0 spiro atoms. The molecule has 4 nitrogen and oxygen atoms in total. The zero-order valence-corrected chi connectivity index (χ0v) is 14.3. The SMILES string of the molecule is Nc1nc2c(s1)CCN(C/C=C/c1ccc3ccccc3n1)CC2. The Morgan fingerprint density at radius 3 is 2.92 bits per heavy atom. The Kier molecular flexibility index (Phi) is 4.28. The highest BCUT2D eigenvalue weighted by Gasteiger charge is 2.16. The van der Waals surface area contributed by atoms with Crippen LogP contribution in [-0.2, 0) is 12.8 Å². The van der Waals surface area contributed by atoms with Crippen LogP contribution in [0.25, 0.3) is 17.0 Å². The van der Waals surface area contributed by atoms with Gasteiger partial charge in [-0.2, -0.15) is 0 Å². The van der Waals surface area contributed by atoms with Crippen LogP contribution in [0.5, 0.6) is 0 Å². The maximum absolute atomic E-state index is 5.80. The minimum Gasteiger partial charge on any atom is -0.375 e. The van der Waals surface area contributed by atoms with Gasteiger partial charge in [0.15, 0.2) is 5.13 Å². The summed E-state index contributed by atoms with van der Waals surface area (Å²) >= 11 is 1.64. The molecular weight excluding hydrogens is 316 g/mol. The highest BCUT2D eigenvalue weighted by Crippen LogP contribution is 2.24. The van der Waals surface area contributed by atoms with Crippen LogP contribution in [0, 0.1) is 0 Å². The van der Waals surface area contributed by atoms with Crippen molar-refractivity contribution < 1.29 is 0 Å². The molecule has 5 heteroatoms. The van der Waals surface area contributed by atoms with Crippen LogP contribution in [-0.4, -0.2) is 34.5 Å². The monoisotopic (exact) mass is 336 g/mol. The molecule has 1 aliphatic rings. The predicted octanol–water partition coefficient (Wildman–Crippen LogP) is 3.39. The largest absolute Gasteiger partial charge is 0.375 e. The van der Waals surface area contributed by atoms with Crippen molar-refractivity contribution in [1.29, 1.82) is 0 Å². The molecule has 0 fully saturated rings. The van der Waals surface area contributed by atoms with Crippen LogP contribution in [0.2, 0.25) is 0 Å². The summed E-state index contributed by atoms with van der Waals surface area (Å²) < 4.78 is 0. The summed E-state index contributed by atoms with van der Waals surface area (Å²) in [5, 5.41) is 1.89. The van der Waals surface area contributed by atoms with E-state index in [1.807, 2.05) is 12.1 Å². The Bertz CT molecular complexity index is 858. The number of benzene rings is 1. The summed E-state index contributed by atoms with van der Waals surface area (Å²) in [5.74, 6) is 0. The van der Waals surface area contributed by atoms with Gasteiger partial charge < -0.3 is 5.73 Å². The lowest BCUT2D eigenvalue weighted by Gasteiger charge is -2.17. The van der Waals surface area contributed by atoms with Gasteiger partial charge >= 0.3 is 0 Å². The molecule has 0 saturated carbocycles. The average molecular weight is 336 g/mol. The fraction of sp³-hybridized carbons (Fsp3) is 0.263. The van der Waals surface area contributed by atoms with E-state index in [4.69, 9.17) is 5.73 Å². The fourth-order valence-electron chi connectivity index (χ4n) is 3.11. The smallest absolute Gasteiger partial charge is 0.180 e. The highest BCUT2D eigenvalue weighted by atomic mass is 32.1. The summed E-state index contributed by atoms with van der Waals surface area (Å²) in [5.41, 5.74) is 9.05. The van der Waals surface area contributed by atoms with Gasteiger partial charge in [-0.15, -0.1) is 11.3 Å². The van der Waals surface area contributed by atoms with E-state index >= 15 is 0 Å². The maximum atomic E-state index is 5.80. The number of rotatable bonds is 3. The second-order valence-electron chi connectivity index (χ2n) is 6.05. The van der Waals surface area contributed by atoms with E-state index in [0.717, 1.165) is 43.7 Å². The zero-order valence-electron chi connectivity index (χ0n) is 13.5. The summed E-state index contributed by atoms with van der Waals surface area (Å²) in [6.45, 7) is 3.04. The van der Waals surface area contributed by atoms with Gasteiger partial charge in [-0.1, -0.05) is 30.3 Å². The Hall–Kier alpha value is -2.24. The van der Waals surface area contributed by atoms with Gasteiger partial charge in [-0.3, -0.25) is 4.90 Å². The second-order valence-corrected chi connectivity index (χ2v) is 7.17. The van der Waals surface area contributed by atoms with Crippen molar-refractivity contribution in [2.24, 2.45) is 0 Å². The Morgan fingerprint density at radius 1 is 1.08 bits per heavy atom. The van der Waals surface area contributed by atoms with Crippen molar-refractivity contribution in [3.63, 3.8) is 0 Å². The molecule has 0 bridgehead atoms. The van der Waals surface area contributed by atoms with Crippen LogP contribution in [0.3, 0.4) is 0 Å². The lowest BCUT2D eigenvalue weighted by atomic mass is 10.2. The Morgan fingerprint density at radius 2 is 1.96 bits per heavy atom. The molecule has 122 valence electrons. The summed E-state index contributed by atoms with van der Waals surface area (Å²) in [4.78, 5) is 12.9. The molecule has 4 rings (SSSR count). The maximum Gasteiger partial charge on any atom is 0.180 e. The minimum atomic E-state index is 0.704. The molecular formula is C19H20N4S. The number of nitrogens with zero attached hydrogens (tertiary/aromatic N) is 3. The summed E-state index contributed by atoms with van der Waals surface area (Å²) in [7, 11) is 0. The number of para-hydroxylation sites is 1. The first-order valence-corrected chi connectivity index (χ1v) is 9.08. The molecule has 0 radical (unpaired) electrons.